The Morgan fingerprint density at radius 3 is 2.79 bits per heavy atom. The fourth-order valence-electron chi connectivity index (χ4n) is 7.18. The normalized spacial score (nSPS) is 41.3. The lowest BCUT2D eigenvalue weighted by Crippen LogP contribution is -2.61. The molecule has 5 aliphatic rings. The summed E-state index contributed by atoms with van der Waals surface area (Å²) in [6.45, 7) is 0.772. The molecule has 0 amide bonds. The Balaban J connectivity index is 1.25. The van der Waals surface area contributed by atoms with Gasteiger partial charge in [-0.2, -0.15) is 0 Å². The minimum Gasteiger partial charge on any atom is -0.471 e. The number of carbonyl (C=O) groups is 1. The van der Waals surface area contributed by atoms with E-state index in [1.165, 1.54) is 18.9 Å². The van der Waals surface area contributed by atoms with Gasteiger partial charge in [0.15, 0.2) is 12.0 Å². The van der Waals surface area contributed by atoms with Crippen LogP contribution in [0.3, 0.4) is 0 Å². The van der Waals surface area contributed by atoms with Crippen molar-refractivity contribution in [2.24, 2.45) is 11.8 Å². The molecule has 1 spiro atoms. The number of hydrogen-bond acceptors (Lipinski definition) is 11. The standard InChI is InChI=1S/C27H32N2O10/c1-35-24(34)15-11-36-25(38-26-22(33)21(32)20(31)18(10-30)37-26)19-14(15)8-27-23-13(6-7-29(27)9-17(19)39-27)12-4-2-3-5-16(12)28-23/h2-5,11,14,17-22,25-26,28,30-33H,6-10H2,1H3/t14-,17+,18-,19+,20+,21+,22+,25+,26+,27+/m1/s1. The first-order valence-corrected chi connectivity index (χ1v) is 13.3. The van der Waals surface area contributed by atoms with Crippen molar-refractivity contribution in [1.29, 1.82) is 0 Å². The molecular weight excluding hydrogens is 512 g/mol. The number of aliphatic hydroxyl groups is 4. The molecule has 1 aromatic heterocycles. The van der Waals surface area contributed by atoms with Gasteiger partial charge in [0, 0.05) is 36.3 Å². The summed E-state index contributed by atoms with van der Waals surface area (Å²) in [6.07, 6.45) is -5.98. The smallest absolute Gasteiger partial charge is 0.337 e. The van der Waals surface area contributed by atoms with Crippen LogP contribution in [0.5, 0.6) is 0 Å². The molecule has 12 heteroatoms. The summed E-state index contributed by atoms with van der Waals surface area (Å²) < 4.78 is 29.5. The lowest BCUT2D eigenvalue weighted by Gasteiger charge is -2.50. The first-order chi connectivity index (χ1) is 18.9. The van der Waals surface area contributed by atoms with E-state index in [9.17, 15) is 25.2 Å². The van der Waals surface area contributed by atoms with Gasteiger partial charge in [-0.05, 0) is 18.1 Å². The molecule has 0 radical (unpaired) electrons. The number of hydrogen-bond donors (Lipinski definition) is 5. The number of para-hydroxylation sites is 1. The monoisotopic (exact) mass is 544 g/mol. The molecular formula is C27H32N2O10. The van der Waals surface area contributed by atoms with Crippen LogP contribution in [0.2, 0.25) is 0 Å². The van der Waals surface area contributed by atoms with Crippen LogP contribution in [0, 0.1) is 11.8 Å². The molecule has 210 valence electrons. The Morgan fingerprint density at radius 2 is 2.00 bits per heavy atom. The number of fused-ring (bicyclic) bond motifs is 6. The van der Waals surface area contributed by atoms with Crippen molar-refractivity contribution < 1.29 is 48.9 Å². The van der Waals surface area contributed by atoms with Gasteiger partial charge in [0.05, 0.1) is 43.3 Å². The number of nitrogens with zero attached hydrogens (tertiary/aromatic N) is 1. The highest BCUT2D eigenvalue weighted by Gasteiger charge is 2.64. The highest BCUT2D eigenvalue weighted by molar-refractivity contribution is 5.89. The van der Waals surface area contributed by atoms with E-state index in [0.717, 1.165) is 29.6 Å². The molecule has 0 aliphatic carbocycles. The second-order valence-corrected chi connectivity index (χ2v) is 11.0. The van der Waals surface area contributed by atoms with E-state index in [0.29, 0.717) is 18.5 Å². The number of aromatic nitrogens is 1. The summed E-state index contributed by atoms with van der Waals surface area (Å²) in [5.41, 5.74) is 2.85. The van der Waals surface area contributed by atoms with Crippen molar-refractivity contribution in [3.05, 3.63) is 47.4 Å². The summed E-state index contributed by atoms with van der Waals surface area (Å²) in [5.74, 6) is -1.35. The second kappa shape index (κ2) is 9.25. The van der Waals surface area contributed by atoms with Crippen LogP contribution < -0.4 is 0 Å². The van der Waals surface area contributed by atoms with Gasteiger partial charge < -0.3 is 49.1 Å². The molecule has 1 aromatic carbocycles. The zero-order valence-corrected chi connectivity index (χ0v) is 21.3. The third kappa shape index (κ3) is 3.64. The maximum Gasteiger partial charge on any atom is 0.337 e. The fraction of sp³-hybridized carbons (Fsp3) is 0.593. The average Bonchev–Trinajstić information content (AvgIpc) is 3.48. The summed E-state index contributed by atoms with van der Waals surface area (Å²) >= 11 is 0. The van der Waals surface area contributed by atoms with E-state index in [-0.39, 0.29) is 5.92 Å². The van der Waals surface area contributed by atoms with Crippen LogP contribution in [-0.2, 0) is 40.6 Å². The van der Waals surface area contributed by atoms with Gasteiger partial charge in [-0.25, -0.2) is 4.79 Å². The first kappa shape index (κ1) is 25.4. The van der Waals surface area contributed by atoms with Crippen LogP contribution in [-0.4, -0.2) is 106 Å². The molecule has 2 bridgehead atoms. The molecule has 0 unspecified atom stereocenters. The molecule has 7 rings (SSSR count). The third-order valence-electron chi connectivity index (χ3n) is 9.06. The van der Waals surface area contributed by atoms with Crippen molar-refractivity contribution in [3.63, 3.8) is 0 Å². The minimum absolute atomic E-state index is 0.369. The maximum absolute atomic E-state index is 12.9. The van der Waals surface area contributed by atoms with Crippen molar-refractivity contribution >= 4 is 16.9 Å². The summed E-state index contributed by atoms with van der Waals surface area (Å²) in [7, 11) is 1.32. The highest BCUT2D eigenvalue weighted by atomic mass is 16.8. The van der Waals surface area contributed by atoms with Crippen LogP contribution >= 0.6 is 0 Å². The van der Waals surface area contributed by atoms with Gasteiger partial charge in [-0.3, -0.25) is 4.90 Å². The predicted octanol–water partition coefficient (Wildman–Crippen LogP) is -0.557. The van der Waals surface area contributed by atoms with E-state index >= 15 is 0 Å². The Kier molecular flexibility index (Phi) is 6.03. The number of ether oxygens (including phenoxy) is 5. The summed E-state index contributed by atoms with van der Waals surface area (Å²) in [4.78, 5) is 18.8. The SMILES string of the molecule is COC(=O)C1=CO[C@@H](O[C@@H]2O[C@H](CO)[C@H](O)[C@H](O)[C@@H]2O)[C@@H]2[C@@H]3CN4CCc5c([nH]c6ccccc56)[C@]4(C[C@H]12)O3. The molecule has 2 aromatic rings. The number of benzene rings is 1. The van der Waals surface area contributed by atoms with Crippen molar-refractivity contribution in [3.8, 4) is 0 Å². The zero-order valence-electron chi connectivity index (χ0n) is 21.3. The Bertz CT molecular complexity index is 1310. The molecule has 12 nitrogen and oxygen atoms in total. The van der Waals surface area contributed by atoms with Crippen molar-refractivity contribution in [2.45, 2.75) is 61.7 Å². The molecule has 10 atom stereocenters. The lowest BCUT2D eigenvalue weighted by molar-refractivity contribution is -0.350. The molecule has 3 fully saturated rings. The maximum atomic E-state index is 12.9. The van der Waals surface area contributed by atoms with Crippen LogP contribution in [0.4, 0.5) is 0 Å². The van der Waals surface area contributed by atoms with Crippen molar-refractivity contribution in [2.75, 3.05) is 26.8 Å². The van der Waals surface area contributed by atoms with Crippen molar-refractivity contribution in [1.82, 2.24) is 9.88 Å². The Labute approximate surface area is 223 Å². The summed E-state index contributed by atoms with van der Waals surface area (Å²) in [6, 6.07) is 8.17. The molecule has 6 heterocycles. The number of esters is 1. The first-order valence-electron chi connectivity index (χ1n) is 13.3. The molecule has 5 aliphatic heterocycles. The third-order valence-corrected chi connectivity index (χ3v) is 9.06. The van der Waals surface area contributed by atoms with Gasteiger partial charge in [0.2, 0.25) is 6.29 Å². The highest BCUT2D eigenvalue weighted by Crippen LogP contribution is 2.57. The van der Waals surface area contributed by atoms with Crippen LogP contribution in [0.1, 0.15) is 17.7 Å². The van der Waals surface area contributed by atoms with Gasteiger partial charge in [-0.15, -0.1) is 0 Å². The minimum atomic E-state index is -1.59. The van der Waals surface area contributed by atoms with Gasteiger partial charge in [-0.1, -0.05) is 18.2 Å². The number of rotatable bonds is 4. The number of aliphatic hydroxyl groups excluding tert-OH is 4. The van der Waals surface area contributed by atoms with Crippen LogP contribution in [0.25, 0.3) is 10.9 Å². The van der Waals surface area contributed by atoms with E-state index in [1.54, 1.807) is 0 Å². The topological polar surface area (TPSA) is 163 Å². The van der Waals surface area contributed by atoms with Gasteiger partial charge >= 0.3 is 5.97 Å². The number of aromatic amines is 1. The number of carbonyl (C=O) groups excluding carboxylic acids is 1. The summed E-state index contributed by atoms with van der Waals surface area (Å²) in [5, 5.41) is 41.7. The Hall–Kier alpha value is -2.55. The number of methoxy groups -OCH3 is 1. The van der Waals surface area contributed by atoms with Crippen LogP contribution in [0.15, 0.2) is 36.1 Å². The number of H-pyrrole nitrogens is 1. The zero-order chi connectivity index (χ0) is 27.1. The number of nitrogens with one attached hydrogen (secondary N) is 1. The molecule has 0 saturated carbocycles. The average molecular weight is 545 g/mol. The predicted molar refractivity (Wildman–Crippen MR) is 132 cm³/mol. The van der Waals surface area contributed by atoms with Gasteiger partial charge in [0.25, 0.3) is 0 Å². The molecule has 39 heavy (non-hydrogen) atoms. The molecule has 3 saturated heterocycles. The van der Waals surface area contributed by atoms with E-state index in [4.69, 9.17) is 23.7 Å². The largest absolute Gasteiger partial charge is 0.471 e. The lowest BCUT2D eigenvalue weighted by atomic mass is 9.73. The Morgan fingerprint density at radius 1 is 1.18 bits per heavy atom. The molecule has 5 N–H and O–H groups in total. The fourth-order valence-corrected chi connectivity index (χ4v) is 7.18. The van der Waals surface area contributed by atoms with E-state index in [1.807, 2.05) is 18.2 Å². The second-order valence-electron chi connectivity index (χ2n) is 11.0. The van der Waals surface area contributed by atoms with E-state index < -0.39 is 67.3 Å². The van der Waals surface area contributed by atoms with Gasteiger partial charge in [0.1, 0.15) is 24.4 Å². The quantitative estimate of drug-likeness (QED) is 0.314. The van der Waals surface area contributed by atoms with E-state index in [2.05, 4.69) is 16.0 Å².